The summed E-state index contributed by atoms with van der Waals surface area (Å²) < 4.78 is 5.59. The standard InChI is InChI=1S/C17H30N4O2S.ClH/c1-4-6-15(18)17(22)21-9-7-20(8-10-21)11-14-12-24-16(19-14)13(3)23-5-2;/h12-13,15H,4-11,18H2,1-3H3;1H. The Labute approximate surface area is 161 Å². The number of nitrogens with zero attached hydrogens (tertiary/aromatic N) is 3. The van der Waals surface area contributed by atoms with Crippen LogP contribution in [0.5, 0.6) is 0 Å². The lowest BCUT2D eigenvalue weighted by Gasteiger charge is -2.35. The minimum atomic E-state index is -0.345. The van der Waals surface area contributed by atoms with Crippen LogP contribution in [-0.4, -0.2) is 59.5 Å². The van der Waals surface area contributed by atoms with Gasteiger partial charge in [-0.2, -0.15) is 0 Å². The second kappa shape index (κ2) is 11.1. The summed E-state index contributed by atoms with van der Waals surface area (Å²) in [5.41, 5.74) is 7.03. The molecule has 1 fully saturated rings. The van der Waals surface area contributed by atoms with Crippen LogP contribution in [0.15, 0.2) is 5.38 Å². The third kappa shape index (κ3) is 6.49. The van der Waals surface area contributed by atoms with Gasteiger partial charge in [-0.05, 0) is 20.3 Å². The first-order valence-electron chi connectivity index (χ1n) is 8.87. The van der Waals surface area contributed by atoms with Crippen molar-refractivity contribution in [3.63, 3.8) is 0 Å². The quantitative estimate of drug-likeness (QED) is 0.738. The van der Waals surface area contributed by atoms with E-state index >= 15 is 0 Å². The topological polar surface area (TPSA) is 71.7 Å². The minimum Gasteiger partial charge on any atom is -0.372 e. The number of piperazine rings is 1. The van der Waals surface area contributed by atoms with Crippen molar-refractivity contribution >= 4 is 29.7 Å². The summed E-state index contributed by atoms with van der Waals surface area (Å²) in [6.07, 6.45) is 1.76. The van der Waals surface area contributed by atoms with Crippen molar-refractivity contribution in [2.45, 2.75) is 52.3 Å². The van der Waals surface area contributed by atoms with Crippen LogP contribution >= 0.6 is 23.7 Å². The van der Waals surface area contributed by atoms with Gasteiger partial charge >= 0.3 is 0 Å². The highest BCUT2D eigenvalue weighted by molar-refractivity contribution is 7.09. The highest BCUT2D eigenvalue weighted by Crippen LogP contribution is 2.22. The number of nitrogens with two attached hydrogens (primary N) is 1. The summed E-state index contributed by atoms with van der Waals surface area (Å²) in [6.45, 7) is 10.9. The van der Waals surface area contributed by atoms with E-state index in [0.717, 1.165) is 56.3 Å². The number of aromatic nitrogens is 1. The van der Waals surface area contributed by atoms with Gasteiger partial charge in [0.15, 0.2) is 0 Å². The summed E-state index contributed by atoms with van der Waals surface area (Å²) >= 11 is 1.66. The fraction of sp³-hybridized carbons (Fsp3) is 0.765. The average molecular weight is 391 g/mol. The highest BCUT2D eigenvalue weighted by Gasteiger charge is 2.25. The summed E-state index contributed by atoms with van der Waals surface area (Å²) in [5.74, 6) is 0.0954. The molecule has 0 bridgehead atoms. The van der Waals surface area contributed by atoms with Crippen molar-refractivity contribution < 1.29 is 9.53 Å². The van der Waals surface area contributed by atoms with Crippen LogP contribution in [0.25, 0.3) is 0 Å². The Morgan fingerprint density at radius 2 is 2.04 bits per heavy atom. The van der Waals surface area contributed by atoms with Crippen LogP contribution < -0.4 is 5.73 Å². The van der Waals surface area contributed by atoms with Crippen molar-refractivity contribution in [3.05, 3.63) is 16.1 Å². The number of carbonyl (C=O) groups is 1. The molecule has 0 radical (unpaired) electrons. The van der Waals surface area contributed by atoms with Gasteiger partial charge in [-0.1, -0.05) is 13.3 Å². The van der Waals surface area contributed by atoms with E-state index < -0.39 is 0 Å². The number of thiazole rings is 1. The number of amides is 1. The molecule has 8 heteroatoms. The SMILES string of the molecule is CCCC(N)C(=O)N1CCN(Cc2csc(C(C)OCC)n2)CC1.Cl. The molecule has 1 saturated heterocycles. The predicted molar refractivity (Wildman–Crippen MR) is 104 cm³/mol. The molecule has 1 aliphatic rings. The Balaban J connectivity index is 0.00000312. The van der Waals surface area contributed by atoms with Gasteiger partial charge in [0.1, 0.15) is 11.1 Å². The van der Waals surface area contributed by atoms with Gasteiger partial charge in [0, 0.05) is 44.7 Å². The number of carbonyl (C=O) groups excluding carboxylic acids is 1. The maximum Gasteiger partial charge on any atom is 0.239 e. The lowest BCUT2D eigenvalue weighted by molar-refractivity contribution is -0.134. The van der Waals surface area contributed by atoms with Crippen molar-refractivity contribution in [1.29, 1.82) is 0 Å². The van der Waals surface area contributed by atoms with E-state index in [0.29, 0.717) is 6.61 Å². The number of halogens is 1. The molecule has 25 heavy (non-hydrogen) atoms. The summed E-state index contributed by atoms with van der Waals surface area (Å²) in [4.78, 5) is 21.2. The Morgan fingerprint density at radius 1 is 1.36 bits per heavy atom. The molecule has 2 atom stereocenters. The van der Waals surface area contributed by atoms with Gasteiger partial charge in [0.05, 0.1) is 11.7 Å². The fourth-order valence-electron chi connectivity index (χ4n) is 2.93. The van der Waals surface area contributed by atoms with Crippen LogP contribution in [0.1, 0.15) is 50.4 Å². The van der Waals surface area contributed by atoms with Gasteiger partial charge in [0.25, 0.3) is 0 Å². The zero-order valence-electron chi connectivity index (χ0n) is 15.4. The summed E-state index contributed by atoms with van der Waals surface area (Å²) in [6, 6.07) is -0.345. The van der Waals surface area contributed by atoms with Gasteiger partial charge < -0.3 is 15.4 Å². The van der Waals surface area contributed by atoms with Gasteiger partial charge in [-0.25, -0.2) is 4.98 Å². The molecule has 2 rings (SSSR count). The third-order valence-corrected chi connectivity index (χ3v) is 5.38. The second-order valence-electron chi connectivity index (χ2n) is 6.27. The van der Waals surface area contributed by atoms with E-state index in [9.17, 15) is 4.79 Å². The molecule has 6 nitrogen and oxygen atoms in total. The molecule has 1 aliphatic heterocycles. The fourth-order valence-corrected chi connectivity index (χ4v) is 3.74. The van der Waals surface area contributed by atoms with Crippen molar-refractivity contribution in [1.82, 2.24) is 14.8 Å². The van der Waals surface area contributed by atoms with Gasteiger partial charge in [0.2, 0.25) is 5.91 Å². The van der Waals surface area contributed by atoms with Crippen LogP contribution in [0, 0.1) is 0 Å². The first kappa shape index (κ1) is 22.3. The van der Waals surface area contributed by atoms with Crippen LogP contribution in [0.2, 0.25) is 0 Å². The summed E-state index contributed by atoms with van der Waals surface area (Å²) in [5, 5.41) is 3.14. The van der Waals surface area contributed by atoms with Crippen molar-refractivity contribution in [2.24, 2.45) is 5.73 Å². The molecule has 0 spiro atoms. The predicted octanol–water partition coefficient (Wildman–Crippen LogP) is 2.43. The molecule has 0 aromatic carbocycles. The van der Waals surface area contributed by atoms with Crippen LogP contribution in [0.4, 0.5) is 0 Å². The lowest BCUT2D eigenvalue weighted by atomic mass is 10.1. The van der Waals surface area contributed by atoms with E-state index in [1.54, 1.807) is 11.3 Å². The zero-order chi connectivity index (χ0) is 17.5. The first-order chi connectivity index (χ1) is 11.5. The molecule has 1 aromatic heterocycles. The molecular formula is C17H31ClN4O2S. The normalized spacial score (nSPS) is 17.8. The molecular weight excluding hydrogens is 360 g/mol. The molecule has 0 saturated carbocycles. The first-order valence-corrected chi connectivity index (χ1v) is 9.75. The molecule has 2 heterocycles. The zero-order valence-corrected chi connectivity index (χ0v) is 17.1. The average Bonchev–Trinajstić information content (AvgIpc) is 3.04. The van der Waals surface area contributed by atoms with E-state index in [4.69, 9.17) is 10.5 Å². The number of hydrogen-bond acceptors (Lipinski definition) is 6. The molecule has 144 valence electrons. The van der Waals surface area contributed by atoms with Crippen molar-refractivity contribution in [3.8, 4) is 0 Å². The Hall–Kier alpha value is -0.730. The van der Waals surface area contributed by atoms with Crippen LogP contribution in [-0.2, 0) is 16.1 Å². The monoisotopic (exact) mass is 390 g/mol. The summed E-state index contributed by atoms with van der Waals surface area (Å²) in [7, 11) is 0. The number of rotatable bonds is 8. The number of ether oxygens (including phenoxy) is 1. The molecule has 1 amide bonds. The maximum absolute atomic E-state index is 12.3. The van der Waals surface area contributed by atoms with E-state index in [1.165, 1.54) is 0 Å². The third-order valence-electron chi connectivity index (χ3n) is 4.32. The minimum absolute atomic E-state index is 0. The van der Waals surface area contributed by atoms with Gasteiger partial charge in [-0.3, -0.25) is 9.69 Å². The van der Waals surface area contributed by atoms with Gasteiger partial charge in [-0.15, -0.1) is 23.7 Å². The van der Waals surface area contributed by atoms with E-state index in [1.807, 2.05) is 18.7 Å². The second-order valence-corrected chi connectivity index (χ2v) is 7.16. The van der Waals surface area contributed by atoms with Crippen molar-refractivity contribution in [2.75, 3.05) is 32.8 Å². The Morgan fingerprint density at radius 3 is 2.64 bits per heavy atom. The molecule has 1 aromatic rings. The van der Waals surface area contributed by atoms with E-state index in [-0.39, 0.29) is 30.5 Å². The highest BCUT2D eigenvalue weighted by atomic mass is 35.5. The lowest BCUT2D eigenvalue weighted by Crippen LogP contribution is -2.52. The molecule has 0 aliphatic carbocycles. The molecule has 2 unspecified atom stereocenters. The van der Waals surface area contributed by atoms with Crippen LogP contribution in [0.3, 0.4) is 0 Å². The van der Waals surface area contributed by atoms with E-state index in [2.05, 4.69) is 22.2 Å². The Bertz CT molecular complexity index is 521. The Kier molecular flexibility index (Phi) is 9.89. The smallest absolute Gasteiger partial charge is 0.239 e. The molecule has 2 N–H and O–H groups in total. The maximum atomic E-state index is 12.3. The largest absolute Gasteiger partial charge is 0.372 e. The number of hydrogen-bond donors (Lipinski definition) is 1.